The number of H-pyrrole nitrogens is 1. The van der Waals surface area contributed by atoms with Crippen molar-refractivity contribution < 1.29 is 14.3 Å². The molecule has 3 rings (SSSR count). The van der Waals surface area contributed by atoms with Crippen LogP contribution in [0, 0.1) is 13.8 Å². The maximum Gasteiger partial charge on any atom is 0.349 e. The number of likely N-dealkylation sites (tertiary alicyclic amines) is 1. The lowest BCUT2D eigenvalue weighted by Crippen LogP contribution is -2.49. The number of piperidine rings is 1. The van der Waals surface area contributed by atoms with E-state index in [9.17, 15) is 14.4 Å². The number of carbonyl (C=O) groups excluding carboxylic acids is 2. The zero-order valence-electron chi connectivity index (χ0n) is 15.4. The van der Waals surface area contributed by atoms with Crippen molar-refractivity contribution in [1.82, 2.24) is 14.9 Å². The van der Waals surface area contributed by atoms with E-state index in [1.807, 2.05) is 18.7 Å². The number of aryl methyl sites for hydroxylation is 2. The van der Waals surface area contributed by atoms with E-state index in [-0.39, 0.29) is 30.2 Å². The molecule has 0 bridgehead atoms. The second-order valence-corrected chi connectivity index (χ2v) is 7.89. The van der Waals surface area contributed by atoms with E-state index in [0.29, 0.717) is 26.5 Å². The molecule has 0 aliphatic carbocycles. The van der Waals surface area contributed by atoms with Crippen molar-refractivity contribution >= 4 is 33.4 Å². The standard InChI is InChI=1S/C18H23N3O4S/c1-9-6-5-7-10(2)21(9)13(22)8-25-18(24)15-11(3)14-16(23)19-12(4)20-17(14)26-15/h9-10H,5-8H2,1-4H3,(H,19,20,23)/t9-,10+. The van der Waals surface area contributed by atoms with Gasteiger partial charge in [0.05, 0.1) is 5.39 Å². The summed E-state index contributed by atoms with van der Waals surface area (Å²) in [6, 6.07) is 0.309. The first kappa shape index (κ1) is 18.6. The smallest absolute Gasteiger partial charge is 0.349 e. The Labute approximate surface area is 155 Å². The first-order chi connectivity index (χ1) is 12.3. The molecule has 0 saturated carbocycles. The molecular formula is C18H23N3O4S. The van der Waals surface area contributed by atoms with Crippen LogP contribution in [-0.2, 0) is 9.53 Å². The van der Waals surface area contributed by atoms with Gasteiger partial charge >= 0.3 is 5.97 Å². The van der Waals surface area contributed by atoms with Crippen molar-refractivity contribution in [2.45, 2.75) is 59.0 Å². The van der Waals surface area contributed by atoms with Crippen LogP contribution in [0.1, 0.15) is 54.2 Å². The predicted molar refractivity (Wildman–Crippen MR) is 99.6 cm³/mol. The van der Waals surface area contributed by atoms with E-state index in [1.165, 1.54) is 0 Å². The molecule has 8 heteroatoms. The zero-order valence-corrected chi connectivity index (χ0v) is 16.2. The molecule has 7 nitrogen and oxygen atoms in total. The average Bonchev–Trinajstić information content (AvgIpc) is 2.89. The number of aromatic nitrogens is 2. The molecule has 1 aliphatic rings. The van der Waals surface area contributed by atoms with Gasteiger partial charge in [-0.25, -0.2) is 9.78 Å². The van der Waals surface area contributed by atoms with Crippen molar-refractivity contribution in [3.05, 3.63) is 26.6 Å². The number of thiophene rings is 1. The first-order valence-electron chi connectivity index (χ1n) is 8.78. The summed E-state index contributed by atoms with van der Waals surface area (Å²) in [6.45, 7) is 7.13. The molecule has 1 N–H and O–H groups in total. The molecule has 26 heavy (non-hydrogen) atoms. The van der Waals surface area contributed by atoms with Crippen LogP contribution in [0.25, 0.3) is 10.2 Å². The van der Waals surface area contributed by atoms with Gasteiger partial charge in [-0.15, -0.1) is 11.3 Å². The third-order valence-corrected chi connectivity index (χ3v) is 6.08. The van der Waals surface area contributed by atoms with Crippen molar-refractivity contribution in [2.75, 3.05) is 6.61 Å². The van der Waals surface area contributed by atoms with Gasteiger partial charge in [-0.3, -0.25) is 9.59 Å². The fraction of sp³-hybridized carbons (Fsp3) is 0.556. The van der Waals surface area contributed by atoms with Crippen LogP contribution < -0.4 is 5.56 Å². The van der Waals surface area contributed by atoms with Crippen molar-refractivity contribution in [2.24, 2.45) is 0 Å². The summed E-state index contributed by atoms with van der Waals surface area (Å²) in [6.07, 6.45) is 3.04. The van der Waals surface area contributed by atoms with Gasteiger partial charge < -0.3 is 14.6 Å². The zero-order chi connectivity index (χ0) is 19.0. The van der Waals surface area contributed by atoms with Crippen LogP contribution in [0.15, 0.2) is 4.79 Å². The Bertz CT molecular complexity index is 907. The number of esters is 1. The molecule has 1 aliphatic heterocycles. The topological polar surface area (TPSA) is 92.4 Å². The monoisotopic (exact) mass is 377 g/mol. The fourth-order valence-electron chi connectivity index (χ4n) is 3.63. The number of hydrogen-bond donors (Lipinski definition) is 1. The molecule has 0 spiro atoms. The summed E-state index contributed by atoms with van der Waals surface area (Å²) in [5, 5.41) is 0.400. The highest BCUT2D eigenvalue weighted by Gasteiger charge is 2.30. The number of nitrogens with one attached hydrogen (secondary N) is 1. The SMILES string of the molecule is Cc1nc2sc(C(=O)OCC(=O)N3[C@H](C)CCC[C@@H]3C)c(C)c2c(=O)[nH]1. The van der Waals surface area contributed by atoms with Crippen LogP contribution in [0.5, 0.6) is 0 Å². The molecule has 0 unspecified atom stereocenters. The number of nitrogens with zero attached hydrogens (tertiary/aromatic N) is 2. The van der Waals surface area contributed by atoms with Crippen LogP contribution >= 0.6 is 11.3 Å². The number of hydrogen-bond acceptors (Lipinski definition) is 6. The maximum atomic E-state index is 12.5. The van der Waals surface area contributed by atoms with Crippen molar-refractivity contribution in [3.8, 4) is 0 Å². The van der Waals surface area contributed by atoms with Gasteiger partial charge in [0.15, 0.2) is 6.61 Å². The summed E-state index contributed by atoms with van der Waals surface area (Å²) in [5.41, 5.74) is 0.267. The van der Waals surface area contributed by atoms with Crippen LogP contribution in [0.4, 0.5) is 0 Å². The largest absolute Gasteiger partial charge is 0.451 e. The lowest BCUT2D eigenvalue weighted by molar-refractivity contribution is -0.140. The van der Waals surface area contributed by atoms with Gasteiger partial charge in [-0.05, 0) is 52.5 Å². The Balaban J connectivity index is 1.75. The number of fused-ring (bicyclic) bond motifs is 1. The lowest BCUT2D eigenvalue weighted by Gasteiger charge is -2.38. The highest BCUT2D eigenvalue weighted by Crippen LogP contribution is 2.28. The molecule has 1 amide bonds. The predicted octanol–water partition coefficient (Wildman–Crippen LogP) is 2.55. The molecule has 2 aromatic heterocycles. The van der Waals surface area contributed by atoms with E-state index in [1.54, 1.807) is 13.8 Å². The average molecular weight is 377 g/mol. The van der Waals surface area contributed by atoms with Crippen molar-refractivity contribution in [3.63, 3.8) is 0 Å². The second-order valence-electron chi connectivity index (χ2n) is 6.89. The van der Waals surface area contributed by atoms with Crippen molar-refractivity contribution in [1.29, 1.82) is 0 Å². The Morgan fingerprint density at radius 1 is 1.27 bits per heavy atom. The Morgan fingerprint density at radius 3 is 2.58 bits per heavy atom. The highest BCUT2D eigenvalue weighted by atomic mass is 32.1. The Hall–Kier alpha value is -2.22. The number of ether oxygens (including phenoxy) is 1. The summed E-state index contributed by atoms with van der Waals surface area (Å²) in [5.74, 6) is -0.274. The normalized spacial score (nSPS) is 20.4. The summed E-state index contributed by atoms with van der Waals surface area (Å²) < 4.78 is 5.26. The number of rotatable bonds is 3. The van der Waals surface area contributed by atoms with Gasteiger partial charge in [0.2, 0.25) is 0 Å². The Morgan fingerprint density at radius 2 is 1.92 bits per heavy atom. The number of aromatic amines is 1. The molecule has 140 valence electrons. The lowest BCUT2D eigenvalue weighted by atomic mass is 9.97. The molecule has 1 fully saturated rings. The minimum absolute atomic E-state index is 0.154. The molecule has 1 saturated heterocycles. The Kier molecular flexibility index (Phi) is 5.13. The van der Waals surface area contributed by atoms with Gasteiger partial charge in [0.25, 0.3) is 11.5 Å². The van der Waals surface area contributed by atoms with E-state index in [0.717, 1.165) is 30.6 Å². The van der Waals surface area contributed by atoms with Crippen LogP contribution in [-0.4, -0.2) is 45.4 Å². The van der Waals surface area contributed by atoms with E-state index < -0.39 is 5.97 Å². The van der Waals surface area contributed by atoms with Crippen LogP contribution in [0.2, 0.25) is 0 Å². The molecular weight excluding hydrogens is 354 g/mol. The van der Waals surface area contributed by atoms with Gasteiger partial charge in [-0.1, -0.05) is 0 Å². The first-order valence-corrected chi connectivity index (χ1v) is 9.59. The maximum absolute atomic E-state index is 12.5. The third-order valence-electron chi connectivity index (χ3n) is 4.91. The third kappa shape index (κ3) is 3.38. The molecule has 2 aromatic rings. The molecule has 2 atom stereocenters. The van der Waals surface area contributed by atoms with Gasteiger partial charge in [0, 0.05) is 12.1 Å². The quantitative estimate of drug-likeness (QED) is 0.830. The molecule has 3 heterocycles. The van der Waals surface area contributed by atoms with Crippen LogP contribution in [0.3, 0.4) is 0 Å². The van der Waals surface area contributed by atoms with Gasteiger partial charge in [-0.2, -0.15) is 0 Å². The highest BCUT2D eigenvalue weighted by molar-refractivity contribution is 7.20. The van der Waals surface area contributed by atoms with E-state index in [2.05, 4.69) is 9.97 Å². The fourth-order valence-corrected chi connectivity index (χ4v) is 4.75. The van der Waals surface area contributed by atoms with E-state index in [4.69, 9.17) is 4.74 Å². The minimum Gasteiger partial charge on any atom is -0.451 e. The summed E-state index contributed by atoms with van der Waals surface area (Å²) in [4.78, 5) is 46.6. The summed E-state index contributed by atoms with van der Waals surface area (Å²) >= 11 is 1.12. The summed E-state index contributed by atoms with van der Waals surface area (Å²) in [7, 11) is 0. The number of amides is 1. The number of carbonyl (C=O) groups is 2. The van der Waals surface area contributed by atoms with E-state index >= 15 is 0 Å². The second kappa shape index (κ2) is 7.19. The molecule has 0 radical (unpaired) electrons. The van der Waals surface area contributed by atoms with Gasteiger partial charge in [0.1, 0.15) is 15.5 Å². The molecule has 0 aromatic carbocycles. The minimum atomic E-state index is -0.590.